The third kappa shape index (κ3) is 2.86. The molecule has 2 aromatic rings. The zero-order valence-corrected chi connectivity index (χ0v) is 11.3. The van der Waals surface area contributed by atoms with Gasteiger partial charge in [-0.1, -0.05) is 12.1 Å². The fourth-order valence-corrected chi connectivity index (χ4v) is 2.83. The first kappa shape index (κ1) is 12.8. The molecule has 0 saturated carbocycles. The molecule has 1 aliphatic rings. The number of benzene rings is 1. The van der Waals surface area contributed by atoms with E-state index in [1.807, 2.05) is 22.9 Å². The van der Waals surface area contributed by atoms with Crippen LogP contribution in [-0.4, -0.2) is 32.3 Å². The highest BCUT2D eigenvalue weighted by Gasteiger charge is 2.25. The monoisotopic (exact) mass is 267 g/mol. The van der Waals surface area contributed by atoms with E-state index >= 15 is 0 Å². The van der Waals surface area contributed by atoms with Crippen LogP contribution in [-0.2, 0) is 13.1 Å². The van der Waals surface area contributed by atoms with Crippen LogP contribution in [0.5, 0.6) is 0 Å². The highest BCUT2D eigenvalue weighted by atomic mass is 15.3. The molecule has 0 radical (unpaired) electrons. The molecule has 1 fully saturated rings. The Morgan fingerprint density at radius 1 is 1.40 bits per heavy atom. The number of likely N-dealkylation sites (tertiary alicyclic amines) is 1. The SMILES string of the molecule is N#Cc1cccc(CN2CCC[C@@H]2Cn2cncn2)c1. The van der Waals surface area contributed by atoms with Gasteiger partial charge in [0.2, 0.25) is 0 Å². The number of nitriles is 1. The summed E-state index contributed by atoms with van der Waals surface area (Å²) < 4.78 is 1.90. The number of hydrogen-bond acceptors (Lipinski definition) is 4. The van der Waals surface area contributed by atoms with Crippen molar-refractivity contribution < 1.29 is 0 Å². The summed E-state index contributed by atoms with van der Waals surface area (Å²) in [6.07, 6.45) is 5.76. The Labute approximate surface area is 118 Å². The van der Waals surface area contributed by atoms with E-state index in [9.17, 15) is 0 Å². The molecule has 3 rings (SSSR count). The van der Waals surface area contributed by atoms with Crippen molar-refractivity contribution in [2.24, 2.45) is 0 Å². The Morgan fingerprint density at radius 2 is 2.35 bits per heavy atom. The number of rotatable bonds is 4. The molecule has 1 aromatic carbocycles. The van der Waals surface area contributed by atoms with Crippen LogP contribution < -0.4 is 0 Å². The zero-order chi connectivity index (χ0) is 13.8. The lowest BCUT2D eigenvalue weighted by atomic mass is 10.1. The molecule has 1 aliphatic heterocycles. The maximum absolute atomic E-state index is 8.96. The molecule has 0 amide bonds. The molecule has 1 aromatic heterocycles. The average Bonchev–Trinajstić information content (AvgIpc) is 3.12. The lowest BCUT2D eigenvalue weighted by molar-refractivity contribution is 0.219. The van der Waals surface area contributed by atoms with E-state index in [0.717, 1.165) is 25.2 Å². The first-order valence-electron chi connectivity index (χ1n) is 6.90. The van der Waals surface area contributed by atoms with E-state index in [4.69, 9.17) is 5.26 Å². The molecule has 0 spiro atoms. The van der Waals surface area contributed by atoms with E-state index in [1.165, 1.54) is 18.4 Å². The van der Waals surface area contributed by atoms with Crippen LogP contribution in [0.3, 0.4) is 0 Å². The van der Waals surface area contributed by atoms with Gasteiger partial charge in [-0.05, 0) is 37.1 Å². The fourth-order valence-electron chi connectivity index (χ4n) is 2.83. The Morgan fingerprint density at radius 3 is 3.15 bits per heavy atom. The molecule has 1 atom stereocenters. The summed E-state index contributed by atoms with van der Waals surface area (Å²) in [7, 11) is 0. The molecule has 102 valence electrons. The minimum absolute atomic E-state index is 0.502. The summed E-state index contributed by atoms with van der Waals surface area (Å²) in [4.78, 5) is 6.46. The van der Waals surface area contributed by atoms with Gasteiger partial charge in [-0.25, -0.2) is 4.98 Å². The Hall–Kier alpha value is -2.19. The van der Waals surface area contributed by atoms with Crippen molar-refractivity contribution in [3.05, 3.63) is 48.0 Å². The maximum Gasteiger partial charge on any atom is 0.137 e. The number of nitrogens with zero attached hydrogens (tertiary/aromatic N) is 5. The fraction of sp³-hybridized carbons (Fsp3) is 0.400. The van der Waals surface area contributed by atoms with Gasteiger partial charge in [0.05, 0.1) is 18.2 Å². The number of hydrogen-bond donors (Lipinski definition) is 0. The average molecular weight is 267 g/mol. The van der Waals surface area contributed by atoms with Gasteiger partial charge in [-0.2, -0.15) is 10.4 Å². The molecule has 1 saturated heterocycles. The molecule has 2 heterocycles. The molecular weight excluding hydrogens is 250 g/mol. The Kier molecular flexibility index (Phi) is 3.75. The van der Waals surface area contributed by atoms with Gasteiger partial charge in [0, 0.05) is 12.6 Å². The van der Waals surface area contributed by atoms with Gasteiger partial charge in [0.15, 0.2) is 0 Å². The van der Waals surface area contributed by atoms with Crippen LogP contribution in [0, 0.1) is 11.3 Å². The first-order chi connectivity index (χ1) is 9.85. The molecule has 0 N–H and O–H groups in total. The van der Waals surface area contributed by atoms with Crippen LogP contribution in [0.4, 0.5) is 0 Å². The maximum atomic E-state index is 8.96. The molecule has 0 bridgehead atoms. The van der Waals surface area contributed by atoms with E-state index < -0.39 is 0 Å². The van der Waals surface area contributed by atoms with Crippen molar-refractivity contribution in [3.63, 3.8) is 0 Å². The van der Waals surface area contributed by atoms with Crippen molar-refractivity contribution in [3.8, 4) is 6.07 Å². The van der Waals surface area contributed by atoms with Crippen molar-refractivity contribution in [2.45, 2.75) is 32.0 Å². The normalized spacial score (nSPS) is 19.1. The summed E-state index contributed by atoms with van der Waals surface area (Å²) in [5.41, 5.74) is 1.93. The van der Waals surface area contributed by atoms with Gasteiger partial charge >= 0.3 is 0 Å². The predicted octanol–water partition coefficient (Wildman–Crippen LogP) is 1.81. The van der Waals surface area contributed by atoms with Gasteiger partial charge in [-0.15, -0.1) is 0 Å². The molecular formula is C15H17N5. The minimum atomic E-state index is 0.502. The highest BCUT2D eigenvalue weighted by molar-refractivity contribution is 5.32. The van der Waals surface area contributed by atoms with E-state index in [-0.39, 0.29) is 0 Å². The zero-order valence-electron chi connectivity index (χ0n) is 11.3. The lowest BCUT2D eigenvalue weighted by Crippen LogP contribution is -2.32. The summed E-state index contributed by atoms with van der Waals surface area (Å²) in [5.74, 6) is 0. The first-order valence-corrected chi connectivity index (χ1v) is 6.90. The Bertz CT molecular complexity index is 599. The largest absolute Gasteiger partial charge is 0.294 e. The minimum Gasteiger partial charge on any atom is -0.294 e. The summed E-state index contributed by atoms with van der Waals surface area (Å²) >= 11 is 0. The van der Waals surface area contributed by atoms with Crippen LogP contribution in [0.1, 0.15) is 24.0 Å². The Balaban J connectivity index is 1.68. The topological polar surface area (TPSA) is 57.7 Å². The van der Waals surface area contributed by atoms with Gasteiger partial charge in [0.1, 0.15) is 12.7 Å². The second-order valence-electron chi connectivity index (χ2n) is 5.20. The highest BCUT2D eigenvalue weighted by Crippen LogP contribution is 2.21. The van der Waals surface area contributed by atoms with E-state index in [2.05, 4.69) is 27.1 Å². The predicted molar refractivity (Wildman–Crippen MR) is 74.6 cm³/mol. The smallest absolute Gasteiger partial charge is 0.137 e. The van der Waals surface area contributed by atoms with Gasteiger partial charge in [-0.3, -0.25) is 9.58 Å². The van der Waals surface area contributed by atoms with Gasteiger partial charge in [0.25, 0.3) is 0 Å². The van der Waals surface area contributed by atoms with Gasteiger partial charge < -0.3 is 0 Å². The summed E-state index contributed by atoms with van der Waals surface area (Å²) in [6.45, 7) is 2.89. The molecule has 5 nitrogen and oxygen atoms in total. The molecule has 20 heavy (non-hydrogen) atoms. The van der Waals surface area contributed by atoms with Crippen LogP contribution in [0.25, 0.3) is 0 Å². The van der Waals surface area contributed by atoms with Crippen molar-refractivity contribution >= 4 is 0 Å². The quantitative estimate of drug-likeness (QED) is 0.847. The third-order valence-corrected chi connectivity index (χ3v) is 3.81. The van der Waals surface area contributed by atoms with E-state index in [0.29, 0.717) is 6.04 Å². The van der Waals surface area contributed by atoms with Crippen LogP contribution in [0.15, 0.2) is 36.9 Å². The molecule has 0 aliphatic carbocycles. The summed E-state index contributed by atoms with van der Waals surface area (Å²) in [5, 5.41) is 13.1. The molecule has 0 unspecified atom stereocenters. The second-order valence-corrected chi connectivity index (χ2v) is 5.20. The van der Waals surface area contributed by atoms with Crippen molar-refractivity contribution in [1.29, 1.82) is 5.26 Å². The lowest BCUT2D eigenvalue weighted by Gasteiger charge is -2.24. The summed E-state index contributed by atoms with van der Waals surface area (Å²) in [6, 6.07) is 10.6. The van der Waals surface area contributed by atoms with Crippen LogP contribution >= 0.6 is 0 Å². The van der Waals surface area contributed by atoms with Crippen LogP contribution in [0.2, 0.25) is 0 Å². The van der Waals surface area contributed by atoms with Crippen molar-refractivity contribution in [1.82, 2.24) is 19.7 Å². The second kappa shape index (κ2) is 5.85. The van der Waals surface area contributed by atoms with Crippen molar-refractivity contribution in [2.75, 3.05) is 6.54 Å². The standard InChI is InChI=1S/C15H17N5/c16-8-13-3-1-4-14(7-13)9-19-6-2-5-15(19)10-20-12-17-11-18-20/h1,3-4,7,11-12,15H,2,5-6,9-10H2/t15-/m1/s1. The third-order valence-electron chi connectivity index (χ3n) is 3.81. The number of aromatic nitrogens is 3. The van der Waals surface area contributed by atoms with E-state index in [1.54, 1.807) is 12.7 Å². The molecule has 5 heteroatoms.